The molecule has 1 rings (SSSR count). The summed E-state index contributed by atoms with van der Waals surface area (Å²) in [5.41, 5.74) is -1.82. The number of rotatable bonds is 5. The fourth-order valence-corrected chi connectivity index (χ4v) is 3.44. The Morgan fingerprint density at radius 3 is 2.39 bits per heavy atom. The number of nitro groups is 1. The highest BCUT2D eigenvalue weighted by Crippen LogP contribution is 2.28. The Labute approximate surface area is 132 Å². The third-order valence-corrected chi connectivity index (χ3v) is 4.48. The summed E-state index contributed by atoms with van der Waals surface area (Å²) in [6.45, 7) is 4.69. The summed E-state index contributed by atoms with van der Waals surface area (Å²) in [4.78, 5) is 20.6. The number of benzene rings is 1. The molecule has 1 N–H and O–H groups in total. The maximum Gasteiger partial charge on any atom is 0.324 e. The third kappa shape index (κ3) is 4.23. The standard InChI is InChI=1S/C13H17FN2O6S/c1-13(2,3)11(12(17)22-4)15-23(20,21)10-8(14)6-5-7-9(10)16(18)19/h5-7,11,15H,1-4H3. The molecule has 0 amide bonds. The fourth-order valence-electron chi connectivity index (χ4n) is 1.82. The van der Waals surface area contributed by atoms with Crippen molar-refractivity contribution in [3.05, 3.63) is 34.1 Å². The molecular formula is C13H17FN2O6S. The van der Waals surface area contributed by atoms with Crippen molar-refractivity contribution in [3.63, 3.8) is 0 Å². The molecule has 23 heavy (non-hydrogen) atoms. The largest absolute Gasteiger partial charge is 0.468 e. The van der Waals surface area contributed by atoms with Gasteiger partial charge in [-0.15, -0.1) is 0 Å². The smallest absolute Gasteiger partial charge is 0.324 e. The zero-order valence-electron chi connectivity index (χ0n) is 13.0. The Morgan fingerprint density at radius 1 is 1.39 bits per heavy atom. The van der Waals surface area contributed by atoms with Crippen LogP contribution in [0.2, 0.25) is 0 Å². The van der Waals surface area contributed by atoms with E-state index in [0.29, 0.717) is 0 Å². The summed E-state index contributed by atoms with van der Waals surface area (Å²) in [5.74, 6) is -2.18. The predicted molar refractivity (Wildman–Crippen MR) is 78.6 cm³/mol. The Bertz CT molecular complexity index is 726. The van der Waals surface area contributed by atoms with Gasteiger partial charge in [0.25, 0.3) is 15.7 Å². The van der Waals surface area contributed by atoms with Crippen molar-refractivity contribution in [1.29, 1.82) is 0 Å². The normalized spacial score (nSPS) is 13.4. The molecular weight excluding hydrogens is 331 g/mol. The van der Waals surface area contributed by atoms with Crippen LogP contribution in [0.4, 0.5) is 10.1 Å². The Hall–Kier alpha value is -2.07. The van der Waals surface area contributed by atoms with Crippen LogP contribution in [0.15, 0.2) is 23.1 Å². The van der Waals surface area contributed by atoms with Gasteiger partial charge in [-0.1, -0.05) is 26.8 Å². The van der Waals surface area contributed by atoms with Gasteiger partial charge in [0.15, 0.2) is 4.90 Å². The number of sulfonamides is 1. The molecule has 8 nitrogen and oxygen atoms in total. The second-order valence-corrected chi connectivity index (χ2v) is 7.44. The van der Waals surface area contributed by atoms with Crippen LogP contribution in [0.5, 0.6) is 0 Å². The minimum atomic E-state index is -4.67. The van der Waals surface area contributed by atoms with Gasteiger partial charge in [-0.25, -0.2) is 12.8 Å². The molecule has 0 aliphatic carbocycles. The number of methoxy groups -OCH3 is 1. The lowest BCUT2D eigenvalue weighted by Gasteiger charge is -2.28. The molecule has 0 fully saturated rings. The zero-order chi connectivity index (χ0) is 18.0. The first-order valence-electron chi connectivity index (χ1n) is 6.45. The van der Waals surface area contributed by atoms with Crippen LogP contribution in [0, 0.1) is 21.3 Å². The molecule has 0 heterocycles. The topological polar surface area (TPSA) is 116 Å². The van der Waals surface area contributed by atoms with Gasteiger partial charge >= 0.3 is 5.97 Å². The number of carbonyl (C=O) groups is 1. The molecule has 0 saturated heterocycles. The maximum absolute atomic E-state index is 13.9. The SMILES string of the molecule is COC(=O)C(NS(=O)(=O)c1c(F)cccc1[N+](=O)[O-])C(C)(C)C. The number of nitrogens with one attached hydrogen (secondary N) is 1. The van der Waals surface area contributed by atoms with E-state index < -0.39 is 48.8 Å². The maximum atomic E-state index is 13.9. The van der Waals surface area contributed by atoms with Gasteiger partial charge in [-0.3, -0.25) is 14.9 Å². The summed E-state index contributed by atoms with van der Waals surface area (Å²) in [6, 6.07) is 1.32. The summed E-state index contributed by atoms with van der Waals surface area (Å²) in [7, 11) is -3.60. The van der Waals surface area contributed by atoms with Crippen molar-refractivity contribution in [1.82, 2.24) is 4.72 Å². The summed E-state index contributed by atoms with van der Waals surface area (Å²) < 4.78 is 45.2. The van der Waals surface area contributed by atoms with Gasteiger partial charge in [0.05, 0.1) is 12.0 Å². The molecule has 1 aromatic carbocycles. The van der Waals surface area contributed by atoms with Gasteiger partial charge in [-0.05, 0) is 11.5 Å². The monoisotopic (exact) mass is 348 g/mol. The lowest BCUT2D eigenvalue weighted by Crippen LogP contribution is -2.49. The predicted octanol–water partition coefficient (Wildman–Crippen LogP) is 1.60. The van der Waals surface area contributed by atoms with E-state index in [4.69, 9.17) is 0 Å². The van der Waals surface area contributed by atoms with Crippen molar-refractivity contribution in [2.75, 3.05) is 7.11 Å². The molecule has 1 unspecified atom stereocenters. The van der Waals surface area contributed by atoms with Crippen molar-refractivity contribution >= 4 is 21.7 Å². The molecule has 0 bridgehead atoms. The Morgan fingerprint density at radius 2 is 1.96 bits per heavy atom. The average molecular weight is 348 g/mol. The fraction of sp³-hybridized carbons (Fsp3) is 0.462. The molecule has 0 radical (unpaired) electrons. The van der Waals surface area contributed by atoms with Gasteiger partial charge in [0.2, 0.25) is 0 Å². The Kier molecular flexibility index (Phi) is 5.43. The van der Waals surface area contributed by atoms with Crippen molar-refractivity contribution in [2.24, 2.45) is 5.41 Å². The minimum absolute atomic E-state index is 0.784. The van der Waals surface area contributed by atoms with E-state index in [2.05, 4.69) is 4.74 Å². The molecule has 0 saturated carbocycles. The van der Waals surface area contributed by atoms with E-state index in [1.807, 2.05) is 4.72 Å². The summed E-state index contributed by atoms with van der Waals surface area (Å²) >= 11 is 0. The summed E-state index contributed by atoms with van der Waals surface area (Å²) in [5, 5.41) is 10.9. The van der Waals surface area contributed by atoms with Crippen LogP contribution in [-0.2, 0) is 19.6 Å². The molecule has 0 aromatic heterocycles. The van der Waals surface area contributed by atoms with Crippen molar-refractivity contribution < 1.29 is 27.3 Å². The van der Waals surface area contributed by atoms with E-state index in [9.17, 15) is 27.7 Å². The molecule has 1 atom stereocenters. The van der Waals surface area contributed by atoms with Crippen LogP contribution in [-0.4, -0.2) is 32.5 Å². The van der Waals surface area contributed by atoms with Gasteiger partial charge < -0.3 is 4.74 Å². The molecule has 10 heteroatoms. The van der Waals surface area contributed by atoms with E-state index in [1.165, 1.54) is 0 Å². The molecule has 0 aliphatic rings. The number of hydrogen-bond donors (Lipinski definition) is 1. The Balaban J connectivity index is 3.43. The van der Waals surface area contributed by atoms with Crippen molar-refractivity contribution in [2.45, 2.75) is 31.7 Å². The second kappa shape index (κ2) is 6.59. The number of nitro benzene ring substituents is 1. The molecule has 128 valence electrons. The highest BCUT2D eigenvalue weighted by molar-refractivity contribution is 7.89. The third-order valence-electron chi connectivity index (χ3n) is 2.99. The minimum Gasteiger partial charge on any atom is -0.468 e. The number of esters is 1. The first kappa shape index (κ1) is 19.0. The molecule has 1 aromatic rings. The first-order chi connectivity index (χ1) is 10.4. The lowest BCUT2D eigenvalue weighted by molar-refractivity contribution is -0.388. The van der Waals surface area contributed by atoms with Crippen LogP contribution < -0.4 is 4.72 Å². The van der Waals surface area contributed by atoms with Gasteiger partial charge in [-0.2, -0.15) is 4.72 Å². The molecule has 0 aliphatic heterocycles. The van der Waals surface area contributed by atoms with E-state index in [1.54, 1.807) is 20.8 Å². The highest BCUT2D eigenvalue weighted by atomic mass is 32.2. The zero-order valence-corrected chi connectivity index (χ0v) is 13.8. The van der Waals surface area contributed by atoms with E-state index in [-0.39, 0.29) is 0 Å². The number of nitrogens with zero attached hydrogens (tertiary/aromatic N) is 1. The van der Waals surface area contributed by atoms with E-state index in [0.717, 1.165) is 25.3 Å². The quantitative estimate of drug-likeness (QED) is 0.491. The van der Waals surface area contributed by atoms with E-state index >= 15 is 0 Å². The number of halogens is 1. The van der Waals surface area contributed by atoms with Crippen molar-refractivity contribution in [3.8, 4) is 0 Å². The van der Waals surface area contributed by atoms with Crippen LogP contribution >= 0.6 is 0 Å². The van der Waals surface area contributed by atoms with Crippen LogP contribution in [0.3, 0.4) is 0 Å². The number of hydrogen-bond acceptors (Lipinski definition) is 6. The highest BCUT2D eigenvalue weighted by Gasteiger charge is 2.39. The average Bonchev–Trinajstić information content (AvgIpc) is 2.42. The lowest BCUT2D eigenvalue weighted by atomic mass is 9.87. The molecule has 0 spiro atoms. The first-order valence-corrected chi connectivity index (χ1v) is 7.93. The van der Waals surface area contributed by atoms with Crippen LogP contribution in [0.1, 0.15) is 20.8 Å². The van der Waals surface area contributed by atoms with Gasteiger partial charge in [0.1, 0.15) is 11.9 Å². The second-order valence-electron chi connectivity index (χ2n) is 5.79. The summed E-state index contributed by atoms with van der Waals surface area (Å²) in [6.07, 6.45) is 0. The number of carbonyl (C=O) groups excluding carboxylic acids is 1. The van der Waals surface area contributed by atoms with Gasteiger partial charge in [0, 0.05) is 6.07 Å². The number of ether oxygens (including phenoxy) is 1. The van der Waals surface area contributed by atoms with Crippen LogP contribution in [0.25, 0.3) is 0 Å².